The lowest BCUT2D eigenvalue weighted by atomic mass is 10.1. The highest BCUT2D eigenvalue weighted by Gasteiger charge is 2.27. The van der Waals surface area contributed by atoms with Gasteiger partial charge in [-0.25, -0.2) is 4.98 Å². The molecule has 0 spiro atoms. The monoisotopic (exact) mass is 266 g/mol. The minimum atomic E-state index is -0.427. The Labute approximate surface area is 113 Å². The predicted octanol–water partition coefficient (Wildman–Crippen LogP) is 3.47. The first-order valence-electron chi connectivity index (χ1n) is 6.21. The molecule has 3 nitrogen and oxygen atoms in total. The van der Waals surface area contributed by atoms with Crippen LogP contribution in [-0.4, -0.2) is 10.9 Å². The van der Waals surface area contributed by atoms with Crippen LogP contribution in [0.2, 0.25) is 0 Å². The molecular formula is C14H22N2OS. The van der Waals surface area contributed by atoms with Gasteiger partial charge >= 0.3 is 0 Å². The maximum Gasteiger partial charge on any atom is 0.247 e. The molecule has 4 heteroatoms. The van der Waals surface area contributed by atoms with Crippen LogP contribution in [0, 0.1) is 13.8 Å². The summed E-state index contributed by atoms with van der Waals surface area (Å²) in [6.07, 6.45) is 2.80. The Kier molecular flexibility index (Phi) is 4.68. The number of carbonyl (C=O) groups is 1. The number of allylic oxidation sites excluding steroid dienone is 1. The van der Waals surface area contributed by atoms with Crippen LogP contribution in [0.1, 0.15) is 49.7 Å². The van der Waals surface area contributed by atoms with Gasteiger partial charge in [0.2, 0.25) is 5.91 Å². The highest BCUT2D eigenvalue weighted by molar-refractivity contribution is 7.11. The molecule has 0 atom stereocenters. The van der Waals surface area contributed by atoms with Crippen LogP contribution in [0.4, 0.5) is 0 Å². The van der Waals surface area contributed by atoms with E-state index in [1.165, 1.54) is 4.88 Å². The Balaban J connectivity index is 2.88. The van der Waals surface area contributed by atoms with E-state index in [2.05, 4.69) is 17.2 Å². The van der Waals surface area contributed by atoms with Gasteiger partial charge in [-0.15, -0.1) is 11.3 Å². The van der Waals surface area contributed by atoms with Gasteiger partial charge in [-0.1, -0.05) is 13.0 Å². The van der Waals surface area contributed by atoms with Gasteiger partial charge in [0.15, 0.2) is 0 Å². The smallest absolute Gasteiger partial charge is 0.247 e. The van der Waals surface area contributed by atoms with E-state index in [0.717, 1.165) is 22.7 Å². The zero-order valence-corrected chi connectivity index (χ0v) is 12.9. The molecular weight excluding hydrogens is 244 g/mol. The number of rotatable bonds is 4. The molecule has 0 aliphatic carbocycles. The fourth-order valence-corrected chi connectivity index (χ4v) is 2.55. The first kappa shape index (κ1) is 14.9. The Morgan fingerprint density at radius 3 is 2.50 bits per heavy atom. The second-order valence-electron chi connectivity index (χ2n) is 5.04. The normalized spacial score (nSPS) is 12.7. The van der Waals surface area contributed by atoms with Gasteiger partial charge in [0, 0.05) is 10.5 Å². The number of hydrogen-bond donors (Lipinski definition) is 1. The SMILES string of the molecule is CC/C=C(\C)C(=O)NC(C)(C)c1nc(C)c(C)s1. The molecule has 0 radical (unpaired) electrons. The van der Waals surface area contributed by atoms with E-state index in [-0.39, 0.29) is 5.91 Å². The number of nitrogens with one attached hydrogen (secondary N) is 1. The Bertz CT molecular complexity index is 453. The van der Waals surface area contributed by atoms with Crippen molar-refractivity contribution in [3.63, 3.8) is 0 Å². The lowest BCUT2D eigenvalue weighted by molar-refractivity contribution is -0.119. The minimum Gasteiger partial charge on any atom is -0.341 e. The Morgan fingerprint density at radius 2 is 2.06 bits per heavy atom. The van der Waals surface area contributed by atoms with E-state index in [1.807, 2.05) is 40.7 Å². The van der Waals surface area contributed by atoms with E-state index in [9.17, 15) is 4.79 Å². The third-order valence-corrected chi connectivity index (χ3v) is 4.25. The number of amides is 1. The van der Waals surface area contributed by atoms with E-state index >= 15 is 0 Å². The average Bonchev–Trinajstić information content (AvgIpc) is 2.60. The average molecular weight is 266 g/mol. The van der Waals surface area contributed by atoms with E-state index in [0.29, 0.717) is 0 Å². The predicted molar refractivity (Wildman–Crippen MR) is 76.8 cm³/mol. The van der Waals surface area contributed by atoms with Crippen LogP contribution < -0.4 is 5.32 Å². The lowest BCUT2D eigenvalue weighted by Crippen LogP contribution is -2.41. The van der Waals surface area contributed by atoms with Crippen molar-refractivity contribution in [1.29, 1.82) is 0 Å². The molecule has 0 aromatic carbocycles. The summed E-state index contributed by atoms with van der Waals surface area (Å²) in [5.41, 5.74) is 1.37. The zero-order chi connectivity index (χ0) is 13.9. The molecule has 1 N–H and O–H groups in total. The van der Waals surface area contributed by atoms with Crippen LogP contribution in [0.25, 0.3) is 0 Å². The summed E-state index contributed by atoms with van der Waals surface area (Å²) < 4.78 is 0. The van der Waals surface area contributed by atoms with Gasteiger partial charge < -0.3 is 5.32 Å². The number of carbonyl (C=O) groups excluding carboxylic acids is 1. The van der Waals surface area contributed by atoms with Gasteiger partial charge in [0.05, 0.1) is 11.2 Å². The van der Waals surface area contributed by atoms with Crippen LogP contribution in [0.3, 0.4) is 0 Å². The molecule has 0 saturated heterocycles. The van der Waals surface area contributed by atoms with E-state index < -0.39 is 5.54 Å². The lowest BCUT2D eigenvalue weighted by Gasteiger charge is -2.24. The number of aromatic nitrogens is 1. The molecule has 0 saturated carbocycles. The van der Waals surface area contributed by atoms with Crippen molar-refractivity contribution in [3.05, 3.63) is 27.2 Å². The highest BCUT2D eigenvalue weighted by atomic mass is 32.1. The largest absolute Gasteiger partial charge is 0.341 e. The molecule has 18 heavy (non-hydrogen) atoms. The van der Waals surface area contributed by atoms with Crippen molar-refractivity contribution in [1.82, 2.24) is 10.3 Å². The second kappa shape index (κ2) is 5.65. The van der Waals surface area contributed by atoms with Crippen molar-refractivity contribution >= 4 is 17.2 Å². The van der Waals surface area contributed by atoms with E-state index in [1.54, 1.807) is 11.3 Å². The topological polar surface area (TPSA) is 42.0 Å². The minimum absolute atomic E-state index is 0.0210. The van der Waals surface area contributed by atoms with Gasteiger partial charge in [0.1, 0.15) is 5.01 Å². The first-order chi connectivity index (χ1) is 8.27. The summed E-state index contributed by atoms with van der Waals surface area (Å²) in [6.45, 7) is 11.9. The molecule has 1 amide bonds. The molecule has 0 aliphatic rings. The molecule has 0 bridgehead atoms. The summed E-state index contributed by atoms with van der Waals surface area (Å²) in [5, 5.41) is 3.99. The quantitative estimate of drug-likeness (QED) is 0.848. The summed E-state index contributed by atoms with van der Waals surface area (Å²) >= 11 is 1.64. The molecule has 0 fully saturated rings. The van der Waals surface area contributed by atoms with Gasteiger partial charge in [-0.2, -0.15) is 0 Å². The van der Waals surface area contributed by atoms with Crippen LogP contribution >= 0.6 is 11.3 Å². The summed E-state index contributed by atoms with van der Waals surface area (Å²) in [6, 6.07) is 0. The van der Waals surface area contributed by atoms with Crippen molar-refractivity contribution < 1.29 is 4.79 Å². The van der Waals surface area contributed by atoms with Gasteiger partial charge in [-0.3, -0.25) is 4.79 Å². The van der Waals surface area contributed by atoms with Crippen LogP contribution in [0.15, 0.2) is 11.6 Å². The fourth-order valence-electron chi connectivity index (χ4n) is 1.57. The third kappa shape index (κ3) is 3.42. The maximum atomic E-state index is 12.0. The van der Waals surface area contributed by atoms with Gasteiger partial charge in [0.25, 0.3) is 0 Å². The van der Waals surface area contributed by atoms with E-state index in [4.69, 9.17) is 0 Å². The number of thiazole rings is 1. The summed E-state index contributed by atoms with van der Waals surface area (Å²) in [7, 11) is 0. The van der Waals surface area contributed by atoms with Gasteiger partial charge in [-0.05, 0) is 41.0 Å². The van der Waals surface area contributed by atoms with Crippen molar-refractivity contribution in [2.75, 3.05) is 0 Å². The Morgan fingerprint density at radius 1 is 1.44 bits per heavy atom. The third-order valence-electron chi connectivity index (χ3n) is 2.86. The Hall–Kier alpha value is -1.16. The zero-order valence-electron chi connectivity index (χ0n) is 12.0. The molecule has 1 aromatic heterocycles. The summed E-state index contributed by atoms with van der Waals surface area (Å²) in [4.78, 5) is 17.7. The fraction of sp³-hybridized carbons (Fsp3) is 0.571. The highest BCUT2D eigenvalue weighted by Crippen LogP contribution is 2.27. The molecule has 1 aromatic rings. The molecule has 0 unspecified atom stereocenters. The second-order valence-corrected chi connectivity index (χ2v) is 6.24. The van der Waals surface area contributed by atoms with Crippen LogP contribution in [0.5, 0.6) is 0 Å². The number of nitrogens with zero attached hydrogens (tertiary/aromatic N) is 1. The van der Waals surface area contributed by atoms with Crippen molar-refractivity contribution in [3.8, 4) is 0 Å². The van der Waals surface area contributed by atoms with Crippen molar-refractivity contribution in [2.45, 2.75) is 53.5 Å². The maximum absolute atomic E-state index is 12.0. The summed E-state index contributed by atoms with van der Waals surface area (Å²) in [5.74, 6) is -0.0210. The number of aryl methyl sites for hydroxylation is 2. The standard InChI is InChI=1S/C14H22N2OS/c1-7-8-9(2)12(17)16-14(5,6)13-15-10(3)11(4)18-13/h8H,7H2,1-6H3,(H,16,17)/b9-8+. The van der Waals surface area contributed by atoms with Crippen molar-refractivity contribution in [2.24, 2.45) is 0 Å². The first-order valence-corrected chi connectivity index (χ1v) is 7.03. The molecule has 1 heterocycles. The molecule has 0 aliphatic heterocycles. The molecule has 1 rings (SSSR count). The van der Waals surface area contributed by atoms with Crippen LogP contribution in [-0.2, 0) is 10.3 Å². The molecule has 100 valence electrons. The number of hydrogen-bond acceptors (Lipinski definition) is 3.